The van der Waals surface area contributed by atoms with Gasteiger partial charge in [-0.15, -0.1) is 0 Å². The van der Waals surface area contributed by atoms with Crippen molar-refractivity contribution in [2.45, 2.75) is 277 Å². The van der Waals surface area contributed by atoms with E-state index < -0.39 is 6.10 Å². The van der Waals surface area contributed by atoms with Gasteiger partial charge >= 0.3 is 17.9 Å². The number of carbonyl (C=O) groups excluding carboxylic acids is 3. The third kappa shape index (κ3) is 46.7. The Hall–Kier alpha value is -2.37. The quantitative estimate of drug-likeness (QED) is 0.0263. The molecule has 0 heterocycles. The maximum atomic E-state index is 12.8. The standard InChI is InChI=1S/C54H98O6/c1-4-7-10-13-16-19-22-25-26-27-28-30-32-35-38-41-44-47-53(56)59-50-51(49-58-52(55)46-43-40-37-34-31-24-21-18-15-12-9-6-3)60-54(57)48-45-42-39-36-33-29-23-20-17-14-11-8-5-2/h16,18-19,21,25-26,51H,4-15,17,20,22-24,27-50H2,1-3H3/b19-16-,21-18-,26-25-/t51-/m1/s1. The van der Waals surface area contributed by atoms with Crippen LogP contribution in [0.4, 0.5) is 0 Å². The first kappa shape index (κ1) is 57.6. The van der Waals surface area contributed by atoms with Crippen LogP contribution in [0, 0.1) is 0 Å². The molecule has 0 aliphatic rings. The van der Waals surface area contributed by atoms with Gasteiger partial charge in [-0.05, 0) is 77.0 Å². The van der Waals surface area contributed by atoms with E-state index in [1.54, 1.807) is 0 Å². The van der Waals surface area contributed by atoms with Gasteiger partial charge < -0.3 is 14.2 Å². The van der Waals surface area contributed by atoms with E-state index in [1.807, 2.05) is 0 Å². The molecule has 0 aliphatic heterocycles. The Morgan fingerprint density at radius 2 is 0.600 bits per heavy atom. The molecule has 0 aromatic heterocycles. The van der Waals surface area contributed by atoms with E-state index >= 15 is 0 Å². The molecule has 6 heteroatoms. The van der Waals surface area contributed by atoms with E-state index in [0.29, 0.717) is 19.3 Å². The Kier molecular flexibility index (Phi) is 47.3. The minimum absolute atomic E-state index is 0.0762. The molecule has 0 saturated heterocycles. The monoisotopic (exact) mass is 843 g/mol. The van der Waals surface area contributed by atoms with Crippen LogP contribution in [-0.4, -0.2) is 37.2 Å². The minimum Gasteiger partial charge on any atom is -0.462 e. The van der Waals surface area contributed by atoms with Crippen LogP contribution in [0.15, 0.2) is 36.5 Å². The average Bonchev–Trinajstić information content (AvgIpc) is 3.24. The first-order chi connectivity index (χ1) is 29.5. The Morgan fingerprint density at radius 3 is 0.967 bits per heavy atom. The second kappa shape index (κ2) is 49.3. The number of hydrogen-bond donors (Lipinski definition) is 0. The van der Waals surface area contributed by atoms with E-state index in [2.05, 4.69) is 57.2 Å². The summed E-state index contributed by atoms with van der Waals surface area (Å²) >= 11 is 0. The molecule has 0 N–H and O–H groups in total. The van der Waals surface area contributed by atoms with Crippen LogP contribution in [0.25, 0.3) is 0 Å². The van der Waals surface area contributed by atoms with Gasteiger partial charge in [0.2, 0.25) is 0 Å². The van der Waals surface area contributed by atoms with Crippen molar-refractivity contribution >= 4 is 17.9 Å². The van der Waals surface area contributed by atoms with Crippen molar-refractivity contribution in [2.24, 2.45) is 0 Å². The topological polar surface area (TPSA) is 78.9 Å². The molecule has 0 fully saturated rings. The SMILES string of the molecule is CCCCC/C=C\C/C=C\CCCCCCCCCC(=O)OC[C@@H](COC(=O)CCCCCCC/C=C\CCCCC)OC(=O)CCCCCCCCCCCCCCC. The van der Waals surface area contributed by atoms with E-state index in [0.717, 1.165) is 77.0 Å². The number of carbonyl (C=O) groups is 3. The molecule has 0 spiro atoms. The zero-order chi connectivity index (χ0) is 43.7. The van der Waals surface area contributed by atoms with Crippen LogP contribution < -0.4 is 0 Å². The third-order valence-electron chi connectivity index (χ3n) is 11.4. The third-order valence-corrected chi connectivity index (χ3v) is 11.4. The summed E-state index contributed by atoms with van der Waals surface area (Å²) in [7, 11) is 0. The zero-order valence-corrected chi connectivity index (χ0v) is 40.0. The van der Waals surface area contributed by atoms with Crippen LogP contribution in [0.1, 0.15) is 271 Å². The molecule has 0 radical (unpaired) electrons. The predicted molar refractivity (Wildman–Crippen MR) is 256 cm³/mol. The molecule has 350 valence electrons. The molecule has 0 amide bonds. The number of allylic oxidation sites excluding steroid dienone is 6. The maximum Gasteiger partial charge on any atom is 0.306 e. The summed E-state index contributed by atoms with van der Waals surface area (Å²) in [5.74, 6) is -0.882. The fraction of sp³-hybridized carbons (Fsp3) is 0.833. The van der Waals surface area contributed by atoms with Gasteiger partial charge in [-0.2, -0.15) is 0 Å². The molecule has 0 unspecified atom stereocenters. The Bertz CT molecular complexity index is 1020. The first-order valence-electron chi connectivity index (χ1n) is 26.0. The number of rotatable bonds is 47. The normalized spacial score (nSPS) is 12.2. The number of unbranched alkanes of at least 4 members (excludes halogenated alkanes) is 30. The summed E-state index contributed by atoms with van der Waals surface area (Å²) < 4.78 is 16.8. The summed E-state index contributed by atoms with van der Waals surface area (Å²) in [6, 6.07) is 0. The van der Waals surface area contributed by atoms with E-state index in [4.69, 9.17) is 14.2 Å². The predicted octanol–water partition coefficient (Wildman–Crippen LogP) is 16.9. The van der Waals surface area contributed by atoms with E-state index in [1.165, 1.54) is 154 Å². The van der Waals surface area contributed by atoms with Gasteiger partial charge in [-0.1, -0.05) is 211 Å². The smallest absolute Gasteiger partial charge is 0.306 e. The lowest BCUT2D eigenvalue weighted by Crippen LogP contribution is -2.30. The van der Waals surface area contributed by atoms with Gasteiger partial charge in [0.15, 0.2) is 6.10 Å². The largest absolute Gasteiger partial charge is 0.462 e. The molecular weight excluding hydrogens is 745 g/mol. The molecule has 0 aliphatic carbocycles. The highest BCUT2D eigenvalue weighted by molar-refractivity contribution is 5.71. The van der Waals surface area contributed by atoms with E-state index in [-0.39, 0.29) is 31.1 Å². The van der Waals surface area contributed by atoms with Crippen LogP contribution in [0.3, 0.4) is 0 Å². The molecule has 0 rings (SSSR count). The Balaban J connectivity index is 4.35. The molecule has 0 saturated carbocycles. The van der Waals surface area contributed by atoms with Crippen LogP contribution in [0.2, 0.25) is 0 Å². The summed E-state index contributed by atoms with van der Waals surface area (Å²) in [6.07, 6.45) is 56.9. The highest BCUT2D eigenvalue weighted by Gasteiger charge is 2.19. The van der Waals surface area contributed by atoms with Crippen molar-refractivity contribution < 1.29 is 28.6 Å². The molecule has 0 aromatic rings. The molecule has 60 heavy (non-hydrogen) atoms. The number of hydrogen-bond acceptors (Lipinski definition) is 6. The minimum atomic E-state index is -0.774. The van der Waals surface area contributed by atoms with Crippen molar-refractivity contribution in [3.05, 3.63) is 36.5 Å². The maximum absolute atomic E-state index is 12.8. The summed E-state index contributed by atoms with van der Waals surface area (Å²) in [5, 5.41) is 0. The summed E-state index contributed by atoms with van der Waals surface area (Å²) in [4.78, 5) is 37.9. The highest BCUT2D eigenvalue weighted by atomic mass is 16.6. The lowest BCUT2D eigenvalue weighted by Gasteiger charge is -2.18. The van der Waals surface area contributed by atoms with Gasteiger partial charge in [0.1, 0.15) is 13.2 Å². The van der Waals surface area contributed by atoms with Crippen molar-refractivity contribution in [2.75, 3.05) is 13.2 Å². The van der Waals surface area contributed by atoms with E-state index in [9.17, 15) is 14.4 Å². The lowest BCUT2D eigenvalue weighted by atomic mass is 10.0. The Labute approximate surface area is 372 Å². The van der Waals surface area contributed by atoms with Gasteiger partial charge in [-0.3, -0.25) is 14.4 Å². The first-order valence-corrected chi connectivity index (χ1v) is 26.0. The van der Waals surface area contributed by atoms with Crippen LogP contribution in [-0.2, 0) is 28.6 Å². The highest BCUT2D eigenvalue weighted by Crippen LogP contribution is 2.15. The van der Waals surface area contributed by atoms with Crippen LogP contribution in [0.5, 0.6) is 0 Å². The van der Waals surface area contributed by atoms with Crippen molar-refractivity contribution in [1.82, 2.24) is 0 Å². The molecule has 0 bridgehead atoms. The zero-order valence-electron chi connectivity index (χ0n) is 40.0. The summed E-state index contributed by atoms with van der Waals surface area (Å²) in [6.45, 7) is 6.59. The molecule has 6 nitrogen and oxygen atoms in total. The second-order valence-electron chi connectivity index (χ2n) is 17.4. The number of ether oxygens (including phenoxy) is 3. The average molecular weight is 843 g/mol. The van der Waals surface area contributed by atoms with Gasteiger partial charge in [0.25, 0.3) is 0 Å². The fourth-order valence-corrected chi connectivity index (χ4v) is 7.41. The van der Waals surface area contributed by atoms with Crippen LogP contribution >= 0.6 is 0 Å². The summed E-state index contributed by atoms with van der Waals surface area (Å²) in [5.41, 5.74) is 0. The second-order valence-corrected chi connectivity index (χ2v) is 17.4. The molecule has 0 aromatic carbocycles. The lowest BCUT2D eigenvalue weighted by molar-refractivity contribution is -0.167. The van der Waals surface area contributed by atoms with Crippen molar-refractivity contribution in [3.63, 3.8) is 0 Å². The molecule has 1 atom stereocenters. The number of esters is 3. The van der Waals surface area contributed by atoms with Gasteiger partial charge in [0, 0.05) is 19.3 Å². The van der Waals surface area contributed by atoms with Gasteiger partial charge in [-0.25, -0.2) is 0 Å². The Morgan fingerprint density at radius 1 is 0.333 bits per heavy atom. The van der Waals surface area contributed by atoms with Gasteiger partial charge in [0.05, 0.1) is 0 Å². The van der Waals surface area contributed by atoms with Crippen molar-refractivity contribution in [3.8, 4) is 0 Å². The molecular formula is C54H98O6. The fourth-order valence-electron chi connectivity index (χ4n) is 7.41. The van der Waals surface area contributed by atoms with Crippen molar-refractivity contribution in [1.29, 1.82) is 0 Å².